The minimum absolute atomic E-state index is 1.18. The average molecular weight is 276 g/mol. The summed E-state index contributed by atoms with van der Waals surface area (Å²) in [6.45, 7) is 2.27. The minimum Gasteiger partial charge on any atom is -0.0928 e. The van der Waals surface area contributed by atoms with Crippen LogP contribution in [0.15, 0.2) is 0 Å². The fourth-order valence-electron chi connectivity index (χ4n) is 1.77. The van der Waals surface area contributed by atoms with Gasteiger partial charge < -0.3 is 0 Å². The van der Waals surface area contributed by atoms with E-state index in [2.05, 4.69) is 29.3 Å². The van der Waals surface area contributed by atoms with Crippen LogP contribution in [0, 0.1) is 6.42 Å². The fourth-order valence-corrected chi connectivity index (χ4v) is 2.17. The van der Waals surface area contributed by atoms with Crippen molar-refractivity contribution in [1.29, 1.82) is 0 Å². The molecule has 0 saturated carbocycles. The highest BCUT2D eigenvalue weighted by Crippen LogP contribution is 2.11. The van der Waals surface area contributed by atoms with Crippen LogP contribution in [0.4, 0.5) is 0 Å². The van der Waals surface area contributed by atoms with E-state index in [9.17, 15) is 0 Å². The van der Waals surface area contributed by atoms with Crippen molar-refractivity contribution < 1.29 is 0 Å². The molecule has 0 rings (SSSR count). The monoisotopic (exact) mass is 275 g/mol. The first kappa shape index (κ1) is 15.5. The average Bonchev–Trinajstić information content (AvgIpc) is 2.26. The first-order valence-electron chi connectivity index (χ1n) is 6.79. The molecule has 0 spiro atoms. The van der Waals surface area contributed by atoms with Crippen molar-refractivity contribution in [3.05, 3.63) is 6.42 Å². The van der Waals surface area contributed by atoms with Crippen LogP contribution in [0.3, 0.4) is 0 Å². The second-order valence-electron chi connectivity index (χ2n) is 4.38. The number of alkyl halides is 1. The van der Waals surface area contributed by atoms with Crippen LogP contribution < -0.4 is 0 Å². The number of rotatable bonds is 12. The molecule has 0 aliphatic carbocycles. The Morgan fingerprint density at radius 3 is 1.87 bits per heavy atom. The molecule has 0 unspecified atom stereocenters. The molecule has 0 amide bonds. The number of hydrogen-bond acceptors (Lipinski definition) is 0. The third kappa shape index (κ3) is 14.5. The van der Waals surface area contributed by atoms with Crippen LogP contribution >= 0.6 is 15.9 Å². The zero-order valence-electron chi connectivity index (χ0n) is 10.4. The van der Waals surface area contributed by atoms with Crippen LogP contribution in [-0.4, -0.2) is 5.33 Å². The van der Waals surface area contributed by atoms with Crippen LogP contribution in [-0.2, 0) is 0 Å². The van der Waals surface area contributed by atoms with Gasteiger partial charge in [0.1, 0.15) is 0 Å². The summed E-state index contributed by atoms with van der Waals surface area (Å²) in [7, 11) is 0. The van der Waals surface area contributed by atoms with E-state index in [1.165, 1.54) is 76.0 Å². The van der Waals surface area contributed by atoms with Gasteiger partial charge in [-0.2, -0.15) is 0 Å². The Balaban J connectivity index is 2.81. The van der Waals surface area contributed by atoms with Gasteiger partial charge in [0.25, 0.3) is 0 Å². The van der Waals surface area contributed by atoms with Crippen molar-refractivity contribution in [2.45, 2.75) is 77.6 Å². The highest BCUT2D eigenvalue weighted by atomic mass is 79.9. The molecule has 0 N–H and O–H groups in total. The van der Waals surface area contributed by atoms with Crippen LogP contribution in [0.1, 0.15) is 77.6 Å². The number of halogens is 1. The first-order valence-corrected chi connectivity index (χ1v) is 7.91. The van der Waals surface area contributed by atoms with Crippen molar-refractivity contribution in [3.63, 3.8) is 0 Å². The van der Waals surface area contributed by atoms with E-state index in [1.54, 1.807) is 0 Å². The van der Waals surface area contributed by atoms with Gasteiger partial charge in [-0.15, -0.1) is 0 Å². The zero-order valence-corrected chi connectivity index (χ0v) is 12.0. The molecule has 1 radical (unpaired) electrons. The maximum atomic E-state index is 3.47. The summed E-state index contributed by atoms with van der Waals surface area (Å²) in [6.07, 6.45) is 17.8. The van der Waals surface area contributed by atoms with E-state index in [-0.39, 0.29) is 0 Å². The van der Waals surface area contributed by atoms with Gasteiger partial charge in [-0.3, -0.25) is 0 Å². The summed E-state index contributed by atoms with van der Waals surface area (Å²) < 4.78 is 0. The van der Waals surface area contributed by atoms with Gasteiger partial charge >= 0.3 is 0 Å². The Bertz CT molecular complexity index is 89.5. The molecule has 0 aliphatic rings. The fraction of sp³-hybridized carbons (Fsp3) is 0.929. The Labute approximate surface area is 105 Å². The Kier molecular flexibility index (Phi) is 14.9. The lowest BCUT2D eigenvalue weighted by molar-refractivity contribution is 0.596. The van der Waals surface area contributed by atoms with Gasteiger partial charge in [-0.25, -0.2) is 0 Å². The Morgan fingerprint density at radius 1 is 0.733 bits per heavy atom. The molecule has 0 aromatic heterocycles. The molecule has 0 aliphatic heterocycles. The molecular formula is C14H28Br. The molecule has 0 atom stereocenters. The molecule has 91 valence electrons. The van der Waals surface area contributed by atoms with Crippen molar-refractivity contribution in [1.82, 2.24) is 0 Å². The molecule has 15 heavy (non-hydrogen) atoms. The summed E-state index contributed by atoms with van der Waals surface area (Å²) in [5.74, 6) is 0. The Morgan fingerprint density at radius 2 is 1.27 bits per heavy atom. The second kappa shape index (κ2) is 14.5. The topological polar surface area (TPSA) is 0 Å². The van der Waals surface area contributed by atoms with E-state index in [4.69, 9.17) is 0 Å². The maximum absolute atomic E-state index is 3.47. The molecule has 0 bridgehead atoms. The zero-order chi connectivity index (χ0) is 11.2. The van der Waals surface area contributed by atoms with E-state index < -0.39 is 0 Å². The lowest BCUT2D eigenvalue weighted by Crippen LogP contribution is -1.83. The molecule has 0 saturated heterocycles. The second-order valence-corrected chi connectivity index (χ2v) is 5.18. The maximum Gasteiger partial charge on any atom is 0.00313 e. The number of unbranched alkanes of at least 4 members (excludes halogenated alkanes) is 11. The minimum atomic E-state index is 1.18. The highest BCUT2D eigenvalue weighted by Gasteiger charge is 1.92. The van der Waals surface area contributed by atoms with Crippen molar-refractivity contribution in [3.8, 4) is 0 Å². The normalized spacial score (nSPS) is 10.8. The SMILES string of the molecule is CCCCC[CH]CCCCCCCCBr. The summed E-state index contributed by atoms with van der Waals surface area (Å²) >= 11 is 3.47. The van der Waals surface area contributed by atoms with E-state index >= 15 is 0 Å². The summed E-state index contributed by atoms with van der Waals surface area (Å²) in [5.41, 5.74) is 0. The van der Waals surface area contributed by atoms with Crippen molar-refractivity contribution >= 4 is 15.9 Å². The molecule has 1 heteroatoms. The predicted octanol–water partition coefficient (Wildman–Crippen LogP) is 5.90. The molecular weight excluding hydrogens is 248 g/mol. The highest BCUT2D eigenvalue weighted by molar-refractivity contribution is 9.09. The van der Waals surface area contributed by atoms with Crippen LogP contribution in [0.25, 0.3) is 0 Å². The van der Waals surface area contributed by atoms with Gasteiger partial charge in [-0.1, -0.05) is 87.1 Å². The summed E-state index contributed by atoms with van der Waals surface area (Å²) in [6, 6.07) is 0. The first-order chi connectivity index (χ1) is 7.41. The van der Waals surface area contributed by atoms with E-state index in [1.807, 2.05) is 0 Å². The molecule has 0 heterocycles. The van der Waals surface area contributed by atoms with Crippen molar-refractivity contribution in [2.24, 2.45) is 0 Å². The largest absolute Gasteiger partial charge is 0.0928 e. The van der Waals surface area contributed by atoms with E-state index in [0.717, 1.165) is 0 Å². The van der Waals surface area contributed by atoms with Gasteiger partial charge in [-0.05, 0) is 12.8 Å². The van der Waals surface area contributed by atoms with E-state index in [0.29, 0.717) is 0 Å². The van der Waals surface area contributed by atoms with Crippen LogP contribution in [0.2, 0.25) is 0 Å². The van der Waals surface area contributed by atoms with Gasteiger partial charge in [0.15, 0.2) is 0 Å². The smallest absolute Gasteiger partial charge is 0.00313 e. The summed E-state index contributed by atoms with van der Waals surface area (Å²) in [5, 5.41) is 1.18. The van der Waals surface area contributed by atoms with Gasteiger partial charge in [0.05, 0.1) is 0 Å². The third-order valence-electron chi connectivity index (χ3n) is 2.80. The number of hydrogen-bond donors (Lipinski definition) is 0. The predicted molar refractivity (Wildman–Crippen MR) is 74.6 cm³/mol. The Hall–Kier alpha value is 0.480. The summed E-state index contributed by atoms with van der Waals surface area (Å²) in [4.78, 5) is 0. The quantitative estimate of drug-likeness (QED) is 0.307. The van der Waals surface area contributed by atoms with Gasteiger partial charge in [0, 0.05) is 5.33 Å². The molecule has 0 nitrogen and oxygen atoms in total. The molecule has 0 aromatic carbocycles. The van der Waals surface area contributed by atoms with Gasteiger partial charge in [0.2, 0.25) is 0 Å². The molecule has 0 fully saturated rings. The van der Waals surface area contributed by atoms with Crippen LogP contribution in [0.5, 0.6) is 0 Å². The lowest BCUT2D eigenvalue weighted by atomic mass is 10.1. The third-order valence-corrected chi connectivity index (χ3v) is 3.36. The van der Waals surface area contributed by atoms with Crippen molar-refractivity contribution in [2.75, 3.05) is 5.33 Å². The lowest BCUT2D eigenvalue weighted by Gasteiger charge is -2.01. The standard InChI is InChI=1S/C14H28Br/c1-2-3-4-5-6-7-8-9-10-11-12-13-14-15/h6H,2-5,7-14H2,1H3. The molecule has 0 aromatic rings.